The molecule has 0 aliphatic carbocycles. The van der Waals surface area contributed by atoms with Crippen LogP contribution in [0.25, 0.3) is 5.57 Å². The maximum atomic E-state index is 13.7. The van der Waals surface area contributed by atoms with Crippen LogP contribution in [0.4, 0.5) is 5.69 Å². The van der Waals surface area contributed by atoms with Crippen LogP contribution in [0.3, 0.4) is 0 Å². The van der Waals surface area contributed by atoms with Gasteiger partial charge in [-0.1, -0.05) is 43.0 Å². The standard InChI is InChI=1S/C25H22N2O5S2/c1-12-11-25(2,3)27-19-15(12)9-13(32-23(30)14-7-5-6-8-17(14)31-4)10-16(19)18(22(27)29)20-21(28)26-24(33)34-20/h5-10,12H,11H2,1-4H3,(H,26,28,33)/b20-18-/t12-/m1/s1. The first-order valence-electron chi connectivity index (χ1n) is 10.8. The molecule has 1 atom stereocenters. The molecule has 0 bridgehead atoms. The van der Waals surface area contributed by atoms with Gasteiger partial charge in [-0.15, -0.1) is 0 Å². The van der Waals surface area contributed by atoms with E-state index in [4.69, 9.17) is 21.7 Å². The highest BCUT2D eigenvalue weighted by Gasteiger charge is 2.49. The number of rotatable bonds is 3. The maximum absolute atomic E-state index is 13.7. The third-order valence-corrected chi connectivity index (χ3v) is 7.58. The molecule has 3 heterocycles. The van der Waals surface area contributed by atoms with Crippen molar-refractivity contribution in [3.63, 3.8) is 0 Å². The summed E-state index contributed by atoms with van der Waals surface area (Å²) in [7, 11) is 1.49. The molecule has 0 radical (unpaired) electrons. The van der Waals surface area contributed by atoms with Gasteiger partial charge in [-0.2, -0.15) is 0 Å². The molecular weight excluding hydrogens is 472 g/mol. The maximum Gasteiger partial charge on any atom is 0.347 e. The van der Waals surface area contributed by atoms with Crippen LogP contribution in [-0.4, -0.2) is 34.8 Å². The molecule has 2 amide bonds. The van der Waals surface area contributed by atoms with Crippen LogP contribution in [0.2, 0.25) is 0 Å². The normalized spacial score (nSPS) is 22.5. The molecule has 1 saturated heterocycles. The molecule has 0 spiro atoms. The van der Waals surface area contributed by atoms with Gasteiger partial charge in [0.05, 0.1) is 23.3 Å². The summed E-state index contributed by atoms with van der Waals surface area (Å²) in [5.74, 6) is -0.402. The average molecular weight is 495 g/mol. The van der Waals surface area contributed by atoms with E-state index in [9.17, 15) is 14.4 Å². The Morgan fingerprint density at radius 3 is 2.65 bits per heavy atom. The van der Waals surface area contributed by atoms with Crippen molar-refractivity contribution < 1.29 is 23.9 Å². The fourth-order valence-corrected chi connectivity index (χ4v) is 6.15. The van der Waals surface area contributed by atoms with Crippen molar-refractivity contribution in [1.82, 2.24) is 5.32 Å². The topological polar surface area (TPSA) is 84.9 Å². The Kier molecular flexibility index (Phi) is 5.29. The van der Waals surface area contributed by atoms with Gasteiger partial charge in [-0.05, 0) is 56.0 Å². The Morgan fingerprint density at radius 1 is 1.24 bits per heavy atom. The lowest BCUT2D eigenvalue weighted by Crippen LogP contribution is -2.49. The first-order chi connectivity index (χ1) is 16.1. The van der Waals surface area contributed by atoms with E-state index in [0.717, 1.165) is 29.4 Å². The smallest absolute Gasteiger partial charge is 0.347 e. The number of esters is 1. The van der Waals surface area contributed by atoms with Gasteiger partial charge in [0.1, 0.15) is 21.4 Å². The summed E-state index contributed by atoms with van der Waals surface area (Å²) in [4.78, 5) is 41.3. The van der Waals surface area contributed by atoms with E-state index in [1.165, 1.54) is 7.11 Å². The fourth-order valence-electron chi connectivity index (χ4n) is 5.03. The molecule has 174 valence electrons. The molecule has 1 N–H and O–H groups in total. The van der Waals surface area contributed by atoms with Crippen LogP contribution in [0.15, 0.2) is 41.3 Å². The number of ether oxygens (including phenoxy) is 2. The van der Waals surface area contributed by atoms with E-state index >= 15 is 0 Å². The predicted molar refractivity (Wildman–Crippen MR) is 134 cm³/mol. The molecule has 3 aliphatic heterocycles. The van der Waals surface area contributed by atoms with Crippen molar-refractivity contribution in [2.24, 2.45) is 0 Å². The van der Waals surface area contributed by atoms with Crippen LogP contribution >= 0.6 is 24.0 Å². The van der Waals surface area contributed by atoms with E-state index in [0.29, 0.717) is 26.9 Å². The lowest BCUT2D eigenvalue weighted by Gasteiger charge is -2.43. The number of nitrogens with zero attached hydrogens (tertiary/aromatic N) is 1. The summed E-state index contributed by atoms with van der Waals surface area (Å²) in [6.07, 6.45) is 0.718. The first-order valence-corrected chi connectivity index (χ1v) is 12.0. The first kappa shape index (κ1) is 22.6. The molecule has 9 heteroatoms. The van der Waals surface area contributed by atoms with Gasteiger partial charge >= 0.3 is 5.97 Å². The second-order valence-electron chi connectivity index (χ2n) is 9.10. The number of amides is 2. The van der Waals surface area contributed by atoms with Crippen molar-refractivity contribution in [3.8, 4) is 11.5 Å². The number of nitrogens with one attached hydrogen (secondary N) is 1. The molecule has 2 aromatic carbocycles. The molecule has 7 nitrogen and oxygen atoms in total. The molecule has 0 aromatic heterocycles. The van der Waals surface area contributed by atoms with Crippen LogP contribution in [-0.2, 0) is 9.59 Å². The quantitative estimate of drug-likeness (QED) is 0.293. The van der Waals surface area contributed by atoms with Crippen molar-refractivity contribution in [3.05, 3.63) is 58.0 Å². The summed E-state index contributed by atoms with van der Waals surface area (Å²) in [5, 5.41) is 2.60. The minimum absolute atomic E-state index is 0.105. The lowest BCUT2D eigenvalue weighted by atomic mass is 9.80. The zero-order valence-electron chi connectivity index (χ0n) is 19.1. The van der Waals surface area contributed by atoms with Gasteiger partial charge < -0.3 is 19.7 Å². The van der Waals surface area contributed by atoms with Crippen molar-refractivity contribution in [1.29, 1.82) is 0 Å². The molecule has 3 aliphatic rings. The van der Waals surface area contributed by atoms with Crippen LogP contribution in [0.5, 0.6) is 11.5 Å². The summed E-state index contributed by atoms with van der Waals surface area (Å²) < 4.78 is 11.4. The predicted octanol–water partition coefficient (Wildman–Crippen LogP) is 4.41. The largest absolute Gasteiger partial charge is 0.496 e. The highest BCUT2D eigenvalue weighted by Crippen LogP contribution is 2.54. The van der Waals surface area contributed by atoms with Crippen LogP contribution < -0.4 is 19.7 Å². The summed E-state index contributed by atoms with van der Waals surface area (Å²) in [6, 6.07) is 10.3. The fraction of sp³-hybridized carbons (Fsp3) is 0.280. The number of hydrogen-bond acceptors (Lipinski definition) is 7. The van der Waals surface area contributed by atoms with E-state index in [-0.39, 0.29) is 22.3 Å². The van der Waals surface area contributed by atoms with Crippen LogP contribution in [0.1, 0.15) is 54.6 Å². The number of carbonyl (C=O) groups is 3. The van der Waals surface area contributed by atoms with Gasteiger partial charge in [0.2, 0.25) is 0 Å². The highest BCUT2D eigenvalue weighted by atomic mass is 32.2. The Morgan fingerprint density at radius 2 is 1.97 bits per heavy atom. The van der Waals surface area contributed by atoms with E-state index < -0.39 is 17.4 Å². The minimum atomic E-state index is -0.571. The number of methoxy groups -OCH3 is 1. The van der Waals surface area contributed by atoms with E-state index in [1.54, 1.807) is 35.2 Å². The van der Waals surface area contributed by atoms with Gasteiger partial charge in [-0.25, -0.2) is 4.79 Å². The number of thiocarbonyl (C=S) groups is 1. The number of anilines is 1. The van der Waals surface area contributed by atoms with Crippen molar-refractivity contribution >= 4 is 57.3 Å². The molecular formula is C25H22N2O5S2. The van der Waals surface area contributed by atoms with Crippen molar-refractivity contribution in [2.75, 3.05) is 12.0 Å². The van der Waals surface area contributed by atoms with Crippen LogP contribution in [0, 0.1) is 0 Å². The number of carbonyl (C=O) groups excluding carboxylic acids is 3. The van der Waals surface area contributed by atoms with Gasteiger partial charge in [0, 0.05) is 11.1 Å². The second kappa shape index (κ2) is 7.95. The van der Waals surface area contributed by atoms with Gasteiger partial charge in [0.15, 0.2) is 0 Å². The summed E-state index contributed by atoms with van der Waals surface area (Å²) in [5.41, 5.74) is 2.37. The number of para-hydroxylation sites is 1. The van der Waals surface area contributed by atoms with Gasteiger partial charge in [0.25, 0.3) is 11.8 Å². The molecule has 34 heavy (non-hydrogen) atoms. The van der Waals surface area contributed by atoms with E-state index in [2.05, 4.69) is 12.2 Å². The molecule has 0 unspecified atom stereocenters. The Bertz CT molecular complexity index is 1330. The number of thioether (sulfide) groups is 1. The summed E-state index contributed by atoms with van der Waals surface area (Å²) >= 11 is 6.24. The van der Waals surface area contributed by atoms with E-state index in [1.807, 2.05) is 19.9 Å². The highest BCUT2D eigenvalue weighted by molar-refractivity contribution is 8.27. The molecule has 5 rings (SSSR count). The second-order valence-corrected chi connectivity index (χ2v) is 10.8. The number of benzene rings is 2. The molecule has 1 fully saturated rings. The van der Waals surface area contributed by atoms with Gasteiger partial charge in [-0.3, -0.25) is 9.59 Å². The lowest BCUT2D eigenvalue weighted by molar-refractivity contribution is -0.116. The Hall–Kier alpha value is -3.17. The Labute approximate surface area is 206 Å². The zero-order valence-corrected chi connectivity index (χ0v) is 20.7. The molecule has 0 saturated carbocycles. The Balaban J connectivity index is 1.67. The number of hydrogen-bond donors (Lipinski definition) is 1. The zero-order chi connectivity index (χ0) is 24.4. The average Bonchev–Trinajstić information content (AvgIpc) is 3.26. The van der Waals surface area contributed by atoms with Crippen molar-refractivity contribution in [2.45, 2.75) is 38.6 Å². The summed E-state index contributed by atoms with van der Waals surface area (Å²) in [6.45, 7) is 6.12. The third kappa shape index (κ3) is 3.42. The molecule has 2 aromatic rings. The monoisotopic (exact) mass is 494 g/mol. The minimum Gasteiger partial charge on any atom is -0.496 e. The SMILES string of the molecule is COc1ccccc1C(=O)Oc1cc2c3c(c1)[C@H](C)CC(C)(C)N3C(=O)/C2=C1\SC(=S)NC1=O. The third-order valence-electron chi connectivity index (χ3n) is 6.35.